The lowest BCUT2D eigenvalue weighted by atomic mass is 10.0. The van der Waals surface area contributed by atoms with E-state index in [0.29, 0.717) is 0 Å². The van der Waals surface area contributed by atoms with Gasteiger partial charge in [-0.3, -0.25) is 0 Å². The Balaban J connectivity index is 3.01. The average molecular weight is 365 g/mol. The van der Waals surface area contributed by atoms with Crippen LogP contribution in [0.4, 0.5) is 0 Å². The van der Waals surface area contributed by atoms with Gasteiger partial charge in [0.05, 0.1) is 0 Å². The first-order valence-corrected chi connectivity index (χ1v) is 12.6. The molecule has 0 amide bonds. The van der Waals surface area contributed by atoms with Gasteiger partial charge in [-0.25, -0.2) is 0 Å². The number of rotatable bonds is 22. The lowest BCUT2D eigenvalue weighted by Gasteiger charge is -2.03. The minimum absolute atomic E-state index is 1.30. The normalized spacial score (nSPS) is 11.6. The first-order valence-electron chi connectivity index (χ1n) is 12.6. The van der Waals surface area contributed by atoms with Gasteiger partial charge >= 0.3 is 0 Å². The Morgan fingerprint density at radius 3 is 0.885 bits per heavy atom. The highest BCUT2D eigenvalue weighted by Crippen LogP contribution is 2.14. The first kappa shape index (κ1) is 25.7. The van der Waals surface area contributed by atoms with Gasteiger partial charge in [-0.1, -0.05) is 142 Å². The summed E-state index contributed by atoms with van der Waals surface area (Å²) >= 11 is 0. The Labute approximate surface area is 167 Å². The van der Waals surface area contributed by atoms with Crippen LogP contribution in [0.3, 0.4) is 0 Å². The molecule has 0 fully saturated rings. The van der Waals surface area contributed by atoms with Crippen LogP contribution in [-0.4, -0.2) is 0 Å². The van der Waals surface area contributed by atoms with Crippen molar-refractivity contribution in [1.82, 2.24) is 0 Å². The summed E-state index contributed by atoms with van der Waals surface area (Å²) < 4.78 is 0. The molecular formula is C26H52. The topological polar surface area (TPSA) is 0 Å². The van der Waals surface area contributed by atoms with E-state index < -0.39 is 0 Å². The van der Waals surface area contributed by atoms with Crippen LogP contribution in [0.5, 0.6) is 0 Å². The van der Waals surface area contributed by atoms with E-state index in [0.717, 1.165) is 0 Å². The fourth-order valence-electron chi connectivity index (χ4n) is 3.73. The molecule has 0 aromatic carbocycles. The predicted octanol–water partition coefficient (Wildman–Crippen LogP) is 10.2. The van der Waals surface area contributed by atoms with Gasteiger partial charge in [0.1, 0.15) is 0 Å². The zero-order chi connectivity index (χ0) is 19.0. The van der Waals surface area contributed by atoms with Crippen LogP contribution in [0.2, 0.25) is 0 Å². The van der Waals surface area contributed by atoms with Crippen LogP contribution in [-0.2, 0) is 0 Å². The summed E-state index contributed by atoms with van der Waals surface area (Å²) in [4.78, 5) is 0. The lowest BCUT2D eigenvalue weighted by molar-refractivity contribution is 0.527. The van der Waals surface area contributed by atoms with Gasteiger partial charge in [0.2, 0.25) is 0 Å². The van der Waals surface area contributed by atoms with Crippen LogP contribution in [0, 0.1) is 0 Å². The van der Waals surface area contributed by atoms with Crippen LogP contribution >= 0.6 is 0 Å². The number of hydrogen-bond donors (Lipinski definition) is 0. The summed E-state index contributed by atoms with van der Waals surface area (Å²) in [7, 11) is 0. The summed E-state index contributed by atoms with van der Waals surface area (Å²) in [5, 5.41) is 0. The number of unbranched alkanes of at least 4 members (excludes halogenated alkanes) is 20. The molecule has 0 saturated carbocycles. The Kier molecular flexibility index (Phi) is 24.5. The predicted molar refractivity (Wildman–Crippen MR) is 122 cm³/mol. The Hall–Kier alpha value is -0.260. The van der Waals surface area contributed by atoms with Crippen LogP contribution < -0.4 is 0 Å². The van der Waals surface area contributed by atoms with E-state index in [2.05, 4.69) is 26.0 Å². The van der Waals surface area contributed by atoms with Gasteiger partial charge in [0.25, 0.3) is 0 Å². The summed E-state index contributed by atoms with van der Waals surface area (Å²) in [6, 6.07) is 0. The molecule has 0 nitrogen and oxygen atoms in total. The molecule has 0 heterocycles. The van der Waals surface area contributed by atoms with Gasteiger partial charge in [-0.15, -0.1) is 0 Å². The van der Waals surface area contributed by atoms with E-state index in [1.54, 1.807) is 0 Å². The molecule has 0 atom stereocenters. The number of allylic oxidation sites excluding steroid dienone is 2. The fourth-order valence-corrected chi connectivity index (χ4v) is 3.73. The van der Waals surface area contributed by atoms with E-state index in [-0.39, 0.29) is 0 Å². The van der Waals surface area contributed by atoms with Gasteiger partial charge in [0, 0.05) is 0 Å². The van der Waals surface area contributed by atoms with E-state index in [4.69, 9.17) is 0 Å². The average Bonchev–Trinajstić information content (AvgIpc) is 2.66. The molecule has 0 spiro atoms. The van der Waals surface area contributed by atoms with Crippen molar-refractivity contribution in [2.75, 3.05) is 0 Å². The molecule has 0 rings (SSSR count). The van der Waals surface area contributed by atoms with Crippen molar-refractivity contribution in [3.63, 3.8) is 0 Å². The molecule has 0 bridgehead atoms. The number of hydrogen-bond acceptors (Lipinski definition) is 0. The molecule has 0 heteroatoms. The maximum atomic E-state index is 2.42. The van der Waals surface area contributed by atoms with E-state index in [9.17, 15) is 0 Å². The van der Waals surface area contributed by atoms with Crippen molar-refractivity contribution < 1.29 is 0 Å². The molecule has 0 aliphatic carbocycles. The summed E-state index contributed by atoms with van der Waals surface area (Å²) in [6.45, 7) is 4.58. The van der Waals surface area contributed by atoms with Crippen LogP contribution in [0.15, 0.2) is 12.2 Å². The smallest absolute Gasteiger partial charge is 0.0351 e. The lowest BCUT2D eigenvalue weighted by Crippen LogP contribution is -1.83. The molecule has 0 aromatic rings. The standard InChI is InChI=1S/C26H52/c1-3-5-7-9-11-13-15-17-19-21-23-25-26-24-22-20-18-16-14-12-10-8-6-4-2/h11,13H,3-10,12,14-26H2,1-2H3. The summed E-state index contributed by atoms with van der Waals surface area (Å²) in [5.41, 5.74) is 0. The zero-order valence-corrected chi connectivity index (χ0v) is 18.7. The highest BCUT2D eigenvalue weighted by atomic mass is 14.0. The molecule has 0 N–H and O–H groups in total. The highest BCUT2D eigenvalue weighted by Gasteiger charge is 1.94. The SMILES string of the molecule is CCCCCC=CCCCCCCCCCCCCCCCCCCC. The van der Waals surface area contributed by atoms with Crippen LogP contribution in [0.25, 0.3) is 0 Å². The molecule has 26 heavy (non-hydrogen) atoms. The van der Waals surface area contributed by atoms with E-state index in [1.165, 1.54) is 141 Å². The third-order valence-electron chi connectivity index (χ3n) is 5.62. The maximum absolute atomic E-state index is 2.42. The minimum Gasteiger partial charge on any atom is -0.0885 e. The Morgan fingerprint density at radius 2 is 0.538 bits per heavy atom. The third-order valence-corrected chi connectivity index (χ3v) is 5.62. The highest BCUT2D eigenvalue weighted by molar-refractivity contribution is 4.81. The van der Waals surface area contributed by atoms with Crippen molar-refractivity contribution in [2.24, 2.45) is 0 Å². The van der Waals surface area contributed by atoms with Gasteiger partial charge in [-0.2, -0.15) is 0 Å². The van der Waals surface area contributed by atoms with E-state index in [1.807, 2.05) is 0 Å². The molecule has 0 unspecified atom stereocenters. The minimum atomic E-state index is 1.30. The molecule has 0 aromatic heterocycles. The molecule has 156 valence electrons. The fraction of sp³-hybridized carbons (Fsp3) is 0.923. The van der Waals surface area contributed by atoms with Crippen molar-refractivity contribution >= 4 is 0 Å². The zero-order valence-electron chi connectivity index (χ0n) is 18.7. The van der Waals surface area contributed by atoms with E-state index >= 15 is 0 Å². The van der Waals surface area contributed by atoms with Crippen LogP contribution in [0.1, 0.15) is 155 Å². The molecule has 0 saturated heterocycles. The van der Waals surface area contributed by atoms with Crippen molar-refractivity contribution in [1.29, 1.82) is 0 Å². The molecule has 0 aliphatic heterocycles. The Bertz CT molecular complexity index is 253. The quantitative estimate of drug-likeness (QED) is 0.132. The first-order chi connectivity index (χ1) is 12.9. The second-order valence-corrected chi connectivity index (χ2v) is 8.41. The largest absolute Gasteiger partial charge is 0.0885 e. The second kappa shape index (κ2) is 24.7. The van der Waals surface area contributed by atoms with Crippen molar-refractivity contribution in [2.45, 2.75) is 155 Å². The summed E-state index contributed by atoms with van der Waals surface area (Å²) in [5.74, 6) is 0. The van der Waals surface area contributed by atoms with Gasteiger partial charge < -0.3 is 0 Å². The molecule has 0 aliphatic rings. The summed E-state index contributed by atoms with van der Waals surface area (Å²) in [6.07, 6.45) is 36.4. The van der Waals surface area contributed by atoms with Gasteiger partial charge in [-0.05, 0) is 25.7 Å². The monoisotopic (exact) mass is 364 g/mol. The molecule has 0 radical (unpaired) electrons. The van der Waals surface area contributed by atoms with Crippen molar-refractivity contribution in [3.8, 4) is 0 Å². The van der Waals surface area contributed by atoms with Gasteiger partial charge in [0.15, 0.2) is 0 Å². The third kappa shape index (κ3) is 23.7. The molecular weight excluding hydrogens is 312 g/mol. The van der Waals surface area contributed by atoms with Crippen molar-refractivity contribution in [3.05, 3.63) is 12.2 Å². The maximum Gasteiger partial charge on any atom is -0.0351 e. The Morgan fingerprint density at radius 1 is 0.308 bits per heavy atom. The second-order valence-electron chi connectivity index (χ2n) is 8.41.